The third kappa shape index (κ3) is 3.49. The molecule has 1 aliphatic heterocycles. The van der Waals surface area contributed by atoms with Gasteiger partial charge >= 0.3 is 0 Å². The Morgan fingerprint density at radius 1 is 1.41 bits per heavy atom. The van der Waals surface area contributed by atoms with Crippen LogP contribution in [0.3, 0.4) is 0 Å². The van der Waals surface area contributed by atoms with Gasteiger partial charge in [-0.25, -0.2) is 0 Å². The lowest BCUT2D eigenvalue weighted by molar-refractivity contribution is 0.00356. The summed E-state index contributed by atoms with van der Waals surface area (Å²) in [6.07, 6.45) is 1.73. The fourth-order valence-electron chi connectivity index (χ4n) is 2.86. The SMILES string of the molecule is CC(C)c1cc(C(=O)N2CCOCC2C)cnc1C(C)(C)C. The Kier molecular flexibility index (Phi) is 4.90. The molecule has 4 heteroatoms. The first-order valence-electron chi connectivity index (χ1n) is 8.11. The van der Waals surface area contributed by atoms with Crippen molar-refractivity contribution in [3.8, 4) is 0 Å². The van der Waals surface area contributed by atoms with E-state index in [2.05, 4.69) is 39.6 Å². The van der Waals surface area contributed by atoms with Crippen LogP contribution in [0.2, 0.25) is 0 Å². The molecule has 0 N–H and O–H groups in total. The number of hydrogen-bond donors (Lipinski definition) is 0. The molecule has 4 nitrogen and oxygen atoms in total. The smallest absolute Gasteiger partial charge is 0.255 e. The van der Waals surface area contributed by atoms with Crippen LogP contribution in [0.1, 0.15) is 69.1 Å². The molecule has 0 bridgehead atoms. The second-order valence-corrected chi connectivity index (χ2v) is 7.49. The van der Waals surface area contributed by atoms with Gasteiger partial charge in [0.05, 0.1) is 24.8 Å². The minimum atomic E-state index is -0.0204. The molecule has 1 saturated heterocycles. The van der Waals surface area contributed by atoms with E-state index in [0.717, 1.165) is 5.69 Å². The van der Waals surface area contributed by atoms with Crippen LogP contribution in [0, 0.1) is 0 Å². The lowest BCUT2D eigenvalue weighted by atomic mass is 9.84. The lowest BCUT2D eigenvalue weighted by Crippen LogP contribution is -2.47. The summed E-state index contributed by atoms with van der Waals surface area (Å²) in [5.41, 5.74) is 2.91. The van der Waals surface area contributed by atoms with E-state index in [1.54, 1.807) is 6.20 Å². The molecule has 1 aromatic heterocycles. The Hall–Kier alpha value is -1.42. The van der Waals surface area contributed by atoms with Gasteiger partial charge in [0, 0.05) is 23.9 Å². The lowest BCUT2D eigenvalue weighted by Gasteiger charge is -2.33. The zero-order chi connectivity index (χ0) is 16.5. The largest absolute Gasteiger partial charge is 0.377 e. The maximum atomic E-state index is 12.8. The summed E-state index contributed by atoms with van der Waals surface area (Å²) in [5, 5.41) is 0. The molecule has 1 aliphatic rings. The number of hydrogen-bond acceptors (Lipinski definition) is 3. The van der Waals surface area contributed by atoms with Crippen molar-refractivity contribution in [2.75, 3.05) is 19.8 Å². The standard InChI is InChI=1S/C18H28N2O2/c1-12(2)15-9-14(10-19-16(15)18(4,5)6)17(21)20-7-8-22-11-13(20)3/h9-10,12-13H,7-8,11H2,1-6H3. The molecule has 1 amide bonds. The van der Waals surface area contributed by atoms with Crippen molar-refractivity contribution in [1.29, 1.82) is 0 Å². The van der Waals surface area contributed by atoms with Crippen molar-refractivity contribution in [2.24, 2.45) is 0 Å². The first-order valence-corrected chi connectivity index (χ1v) is 8.11. The summed E-state index contributed by atoms with van der Waals surface area (Å²) in [6, 6.07) is 2.15. The maximum absolute atomic E-state index is 12.8. The molecular weight excluding hydrogens is 276 g/mol. The van der Waals surface area contributed by atoms with Gasteiger partial charge in [-0.2, -0.15) is 0 Å². The van der Waals surface area contributed by atoms with Gasteiger partial charge in [-0.3, -0.25) is 9.78 Å². The number of nitrogens with zero attached hydrogens (tertiary/aromatic N) is 2. The highest BCUT2D eigenvalue weighted by Gasteiger charge is 2.27. The molecule has 1 unspecified atom stereocenters. The van der Waals surface area contributed by atoms with E-state index in [1.165, 1.54) is 5.56 Å². The van der Waals surface area contributed by atoms with Crippen molar-refractivity contribution in [3.63, 3.8) is 0 Å². The minimum Gasteiger partial charge on any atom is -0.377 e. The highest BCUT2D eigenvalue weighted by Crippen LogP contribution is 2.29. The molecular formula is C18H28N2O2. The molecule has 0 radical (unpaired) electrons. The van der Waals surface area contributed by atoms with Gasteiger partial charge in [0.2, 0.25) is 0 Å². The predicted molar refractivity (Wildman–Crippen MR) is 88.3 cm³/mol. The number of pyridine rings is 1. The molecule has 2 heterocycles. The summed E-state index contributed by atoms with van der Waals surface area (Å²) < 4.78 is 5.41. The normalized spacial score (nSPS) is 19.6. The Labute approximate surface area is 133 Å². The van der Waals surface area contributed by atoms with Crippen LogP contribution >= 0.6 is 0 Å². The monoisotopic (exact) mass is 304 g/mol. The van der Waals surface area contributed by atoms with Gasteiger partial charge in [0.15, 0.2) is 0 Å². The van der Waals surface area contributed by atoms with E-state index < -0.39 is 0 Å². The van der Waals surface area contributed by atoms with Gasteiger partial charge in [0.1, 0.15) is 0 Å². The Bertz CT molecular complexity index is 547. The van der Waals surface area contributed by atoms with E-state index in [0.29, 0.717) is 31.2 Å². The summed E-state index contributed by atoms with van der Waals surface area (Å²) in [7, 11) is 0. The summed E-state index contributed by atoms with van der Waals surface area (Å²) in [5.74, 6) is 0.405. The van der Waals surface area contributed by atoms with Crippen LogP contribution in [-0.2, 0) is 10.2 Å². The fraction of sp³-hybridized carbons (Fsp3) is 0.667. The minimum absolute atomic E-state index is 0.0204. The highest BCUT2D eigenvalue weighted by molar-refractivity contribution is 5.94. The highest BCUT2D eigenvalue weighted by atomic mass is 16.5. The van der Waals surface area contributed by atoms with Crippen LogP contribution in [0.25, 0.3) is 0 Å². The number of aromatic nitrogens is 1. The van der Waals surface area contributed by atoms with Gasteiger partial charge in [0.25, 0.3) is 5.91 Å². The zero-order valence-electron chi connectivity index (χ0n) is 14.6. The second-order valence-electron chi connectivity index (χ2n) is 7.49. The average Bonchev–Trinajstić information content (AvgIpc) is 2.45. The van der Waals surface area contributed by atoms with Gasteiger partial charge in [-0.05, 0) is 24.5 Å². The molecule has 0 aliphatic carbocycles. The van der Waals surface area contributed by atoms with Gasteiger partial charge < -0.3 is 9.64 Å². The third-order valence-electron chi connectivity index (χ3n) is 4.13. The fourth-order valence-corrected chi connectivity index (χ4v) is 2.86. The quantitative estimate of drug-likeness (QED) is 0.841. The molecule has 0 saturated carbocycles. The van der Waals surface area contributed by atoms with Crippen molar-refractivity contribution in [3.05, 3.63) is 29.1 Å². The van der Waals surface area contributed by atoms with Gasteiger partial charge in [-0.1, -0.05) is 34.6 Å². The number of carbonyl (C=O) groups excluding carboxylic acids is 1. The van der Waals surface area contributed by atoms with Crippen molar-refractivity contribution >= 4 is 5.91 Å². The third-order valence-corrected chi connectivity index (χ3v) is 4.13. The predicted octanol–water partition coefficient (Wildman–Crippen LogP) is 3.36. The Balaban J connectivity index is 2.36. The van der Waals surface area contributed by atoms with Crippen LogP contribution in [0.5, 0.6) is 0 Å². The van der Waals surface area contributed by atoms with Gasteiger partial charge in [-0.15, -0.1) is 0 Å². The number of carbonyl (C=O) groups is 1. The van der Waals surface area contributed by atoms with Crippen molar-refractivity contribution in [2.45, 2.75) is 58.9 Å². The van der Waals surface area contributed by atoms with Crippen LogP contribution < -0.4 is 0 Å². The summed E-state index contributed by atoms with van der Waals surface area (Å²) >= 11 is 0. The molecule has 1 fully saturated rings. The maximum Gasteiger partial charge on any atom is 0.255 e. The zero-order valence-corrected chi connectivity index (χ0v) is 14.6. The number of rotatable bonds is 2. The number of amides is 1. The first kappa shape index (κ1) is 16.9. The molecule has 1 atom stereocenters. The number of morpholine rings is 1. The molecule has 1 aromatic rings. The van der Waals surface area contributed by atoms with E-state index in [9.17, 15) is 4.79 Å². The Morgan fingerprint density at radius 2 is 2.09 bits per heavy atom. The van der Waals surface area contributed by atoms with Crippen LogP contribution in [0.4, 0.5) is 0 Å². The van der Waals surface area contributed by atoms with E-state index in [-0.39, 0.29) is 17.4 Å². The van der Waals surface area contributed by atoms with Crippen LogP contribution in [0.15, 0.2) is 12.3 Å². The van der Waals surface area contributed by atoms with E-state index in [4.69, 9.17) is 4.74 Å². The first-order chi connectivity index (χ1) is 10.2. The van der Waals surface area contributed by atoms with Crippen molar-refractivity contribution < 1.29 is 9.53 Å². The number of ether oxygens (including phenoxy) is 1. The van der Waals surface area contributed by atoms with Crippen molar-refractivity contribution in [1.82, 2.24) is 9.88 Å². The topological polar surface area (TPSA) is 42.4 Å². The average molecular weight is 304 g/mol. The summed E-state index contributed by atoms with van der Waals surface area (Å²) in [4.78, 5) is 19.3. The second kappa shape index (κ2) is 6.37. The Morgan fingerprint density at radius 3 is 2.64 bits per heavy atom. The van der Waals surface area contributed by atoms with E-state index >= 15 is 0 Å². The molecule has 22 heavy (non-hydrogen) atoms. The summed E-state index contributed by atoms with van der Waals surface area (Å²) in [6.45, 7) is 14.7. The molecule has 2 rings (SSSR count). The molecule has 0 aromatic carbocycles. The molecule has 122 valence electrons. The van der Waals surface area contributed by atoms with Crippen LogP contribution in [-0.4, -0.2) is 41.6 Å². The molecule has 0 spiro atoms. The van der Waals surface area contributed by atoms with E-state index in [1.807, 2.05) is 17.9 Å².